The van der Waals surface area contributed by atoms with Gasteiger partial charge in [0, 0.05) is 18.6 Å². The van der Waals surface area contributed by atoms with Crippen LogP contribution in [0.5, 0.6) is 0 Å². The van der Waals surface area contributed by atoms with E-state index in [9.17, 15) is 0 Å². The number of hydrogen-bond donors (Lipinski definition) is 1. The summed E-state index contributed by atoms with van der Waals surface area (Å²) in [6.45, 7) is 9.75. The van der Waals surface area contributed by atoms with Crippen LogP contribution in [0, 0.1) is 11.3 Å². The quantitative estimate of drug-likeness (QED) is 0.826. The summed E-state index contributed by atoms with van der Waals surface area (Å²) in [7, 11) is 2.09. The van der Waals surface area contributed by atoms with Crippen LogP contribution in [0.15, 0.2) is 0 Å². The lowest BCUT2D eigenvalue weighted by molar-refractivity contribution is 0.0244. The van der Waals surface area contributed by atoms with Crippen LogP contribution in [0.3, 0.4) is 0 Å². The molecule has 1 saturated carbocycles. The van der Waals surface area contributed by atoms with Crippen molar-refractivity contribution in [1.82, 2.24) is 10.2 Å². The zero-order valence-electron chi connectivity index (χ0n) is 12.8. The summed E-state index contributed by atoms with van der Waals surface area (Å²) >= 11 is 0. The van der Waals surface area contributed by atoms with Crippen LogP contribution in [-0.2, 0) is 0 Å². The highest BCUT2D eigenvalue weighted by molar-refractivity contribution is 4.91. The average Bonchev–Trinajstić information content (AvgIpc) is 2.38. The lowest BCUT2D eigenvalue weighted by Gasteiger charge is -2.48. The second-order valence-electron chi connectivity index (χ2n) is 7.22. The lowest BCUT2D eigenvalue weighted by atomic mass is 9.76. The van der Waals surface area contributed by atoms with Crippen molar-refractivity contribution >= 4 is 0 Å². The van der Waals surface area contributed by atoms with Crippen LogP contribution in [0.4, 0.5) is 0 Å². The zero-order valence-corrected chi connectivity index (χ0v) is 12.8. The molecular formula is C16H32N2. The summed E-state index contributed by atoms with van der Waals surface area (Å²) in [5, 5.41) is 3.44. The molecule has 0 radical (unpaired) electrons. The normalized spacial score (nSPS) is 32.0. The van der Waals surface area contributed by atoms with E-state index in [-0.39, 0.29) is 0 Å². The molecular weight excluding hydrogens is 220 g/mol. The van der Waals surface area contributed by atoms with E-state index in [4.69, 9.17) is 0 Å². The number of nitrogens with zero attached hydrogens (tertiary/aromatic N) is 1. The molecule has 2 nitrogen and oxygen atoms in total. The molecule has 0 bridgehead atoms. The number of nitrogens with one attached hydrogen (secondary N) is 1. The fraction of sp³-hybridized carbons (Fsp3) is 1.00. The largest absolute Gasteiger partial charge is 0.317 e. The third-order valence-electron chi connectivity index (χ3n) is 5.57. The Morgan fingerprint density at radius 1 is 1.17 bits per heavy atom. The second kappa shape index (κ2) is 5.92. The predicted octanol–water partition coefficient (Wildman–Crippen LogP) is 3.28. The van der Waals surface area contributed by atoms with Crippen molar-refractivity contribution < 1.29 is 0 Å². The third-order valence-corrected chi connectivity index (χ3v) is 5.57. The van der Waals surface area contributed by atoms with Gasteiger partial charge in [0.05, 0.1) is 0 Å². The molecule has 3 unspecified atom stereocenters. The third kappa shape index (κ3) is 3.08. The van der Waals surface area contributed by atoms with Gasteiger partial charge in [-0.05, 0) is 57.5 Å². The lowest BCUT2D eigenvalue weighted by Crippen LogP contribution is -2.53. The van der Waals surface area contributed by atoms with Crippen LogP contribution < -0.4 is 5.32 Å². The Hall–Kier alpha value is -0.0800. The summed E-state index contributed by atoms with van der Waals surface area (Å²) in [4.78, 5) is 2.82. The van der Waals surface area contributed by atoms with E-state index in [1.165, 1.54) is 51.6 Å². The van der Waals surface area contributed by atoms with Gasteiger partial charge in [-0.3, -0.25) is 4.90 Å². The molecule has 0 aromatic carbocycles. The van der Waals surface area contributed by atoms with Crippen molar-refractivity contribution in [3.63, 3.8) is 0 Å². The van der Waals surface area contributed by atoms with Crippen molar-refractivity contribution in [2.75, 3.05) is 20.1 Å². The van der Waals surface area contributed by atoms with Gasteiger partial charge < -0.3 is 5.32 Å². The van der Waals surface area contributed by atoms with E-state index >= 15 is 0 Å². The summed E-state index contributed by atoms with van der Waals surface area (Å²) in [6.07, 6.45) is 8.79. The number of hydrogen-bond acceptors (Lipinski definition) is 2. The molecule has 106 valence electrons. The molecule has 2 fully saturated rings. The maximum Gasteiger partial charge on any atom is 0.0124 e. The fourth-order valence-corrected chi connectivity index (χ4v) is 3.98. The molecule has 1 aliphatic carbocycles. The first-order valence-corrected chi connectivity index (χ1v) is 7.96. The van der Waals surface area contributed by atoms with Crippen LogP contribution >= 0.6 is 0 Å². The molecule has 2 rings (SSSR count). The minimum absolute atomic E-state index is 0.369. The van der Waals surface area contributed by atoms with Gasteiger partial charge in [0.25, 0.3) is 0 Å². The number of likely N-dealkylation sites (tertiary alicyclic amines) is 1. The van der Waals surface area contributed by atoms with Crippen LogP contribution in [0.2, 0.25) is 0 Å². The van der Waals surface area contributed by atoms with Crippen molar-refractivity contribution in [2.45, 2.75) is 71.4 Å². The molecule has 3 atom stereocenters. The van der Waals surface area contributed by atoms with Crippen molar-refractivity contribution in [2.24, 2.45) is 11.3 Å². The molecule has 1 heterocycles. The SMILES string of the molecule is CNC(C)C(C)(C)CN1CCCC2CCCCC21. The maximum absolute atomic E-state index is 3.44. The van der Waals surface area contributed by atoms with Crippen LogP contribution in [-0.4, -0.2) is 37.1 Å². The van der Waals surface area contributed by atoms with Crippen molar-refractivity contribution in [3.05, 3.63) is 0 Å². The molecule has 0 aromatic rings. The van der Waals surface area contributed by atoms with Gasteiger partial charge >= 0.3 is 0 Å². The minimum atomic E-state index is 0.369. The fourth-order valence-electron chi connectivity index (χ4n) is 3.98. The molecule has 2 aliphatic rings. The van der Waals surface area contributed by atoms with Gasteiger partial charge in [-0.2, -0.15) is 0 Å². The Labute approximate surface area is 114 Å². The van der Waals surface area contributed by atoms with E-state index in [0.29, 0.717) is 11.5 Å². The molecule has 1 saturated heterocycles. The summed E-state index contributed by atoms with van der Waals surface area (Å²) in [5.41, 5.74) is 0.369. The Kier molecular flexibility index (Phi) is 4.71. The van der Waals surface area contributed by atoms with E-state index in [2.05, 4.69) is 38.0 Å². The molecule has 18 heavy (non-hydrogen) atoms. The van der Waals surface area contributed by atoms with Gasteiger partial charge in [0.1, 0.15) is 0 Å². The van der Waals surface area contributed by atoms with Gasteiger partial charge in [-0.25, -0.2) is 0 Å². The Balaban J connectivity index is 1.98. The summed E-state index contributed by atoms with van der Waals surface area (Å²) in [5.74, 6) is 1.01. The Morgan fingerprint density at radius 3 is 2.56 bits per heavy atom. The highest BCUT2D eigenvalue weighted by Gasteiger charge is 2.36. The standard InChI is InChI=1S/C16H32N2/c1-13(17-4)16(2,3)12-18-11-7-9-14-8-5-6-10-15(14)18/h13-15,17H,5-12H2,1-4H3. The van der Waals surface area contributed by atoms with Crippen LogP contribution in [0.25, 0.3) is 0 Å². The minimum Gasteiger partial charge on any atom is -0.317 e. The van der Waals surface area contributed by atoms with Gasteiger partial charge in [-0.15, -0.1) is 0 Å². The highest BCUT2D eigenvalue weighted by atomic mass is 15.2. The Morgan fingerprint density at radius 2 is 1.83 bits per heavy atom. The van der Waals surface area contributed by atoms with Crippen molar-refractivity contribution in [3.8, 4) is 0 Å². The first-order valence-electron chi connectivity index (χ1n) is 7.96. The molecule has 1 aliphatic heterocycles. The first kappa shape index (κ1) is 14.3. The number of fused-ring (bicyclic) bond motifs is 1. The van der Waals surface area contributed by atoms with E-state index < -0.39 is 0 Å². The molecule has 0 amide bonds. The smallest absolute Gasteiger partial charge is 0.0124 e. The average molecular weight is 252 g/mol. The summed E-state index contributed by atoms with van der Waals surface area (Å²) in [6, 6.07) is 1.48. The van der Waals surface area contributed by atoms with Gasteiger partial charge in [-0.1, -0.05) is 26.7 Å². The van der Waals surface area contributed by atoms with E-state index in [1.807, 2.05) is 0 Å². The topological polar surface area (TPSA) is 15.3 Å². The zero-order chi connectivity index (χ0) is 13.2. The Bertz CT molecular complexity index is 260. The molecule has 0 aromatic heterocycles. The number of rotatable bonds is 4. The van der Waals surface area contributed by atoms with E-state index in [1.54, 1.807) is 0 Å². The van der Waals surface area contributed by atoms with Crippen molar-refractivity contribution in [1.29, 1.82) is 0 Å². The second-order valence-corrected chi connectivity index (χ2v) is 7.22. The molecule has 1 N–H and O–H groups in total. The highest BCUT2D eigenvalue weighted by Crippen LogP contribution is 2.37. The molecule has 2 heteroatoms. The van der Waals surface area contributed by atoms with Crippen LogP contribution in [0.1, 0.15) is 59.3 Å². The predicted molar refractivity (Wildman–Crippen MR) is 78.9 cm³/mol. The maximum atomic E-state index is 3.44. The monoisotopic (exact) mass is 252 g/mol. The first-order chi connectivity index (χ1) is 8.54. The number of piperidine rings is 1. The summed E-state index contributed by atoms with van der Waals surface area (Å²) < 4.78 is 0. The van der Waals surface area contributed by atoms with Gasteiger partial charge in [0.2, 0.25) is 0 Å². The van der Waals surface area contributed by atoms with Gasteiger partial charge in [0.15, 0.2) is 0 Å². The van der Waals surface area contributed by atoms with E-state index in [0.717, 1.165) is 12.0 Å². The molecule has 0 spiro atoms.